The van der Waals surface area contributed by atoms with Crippen LogP contribution in [0.25, 0.3) is 10.9 Å². The highest BCUT2D eigenvalue weighted by Gasteiger charge is 2.05. The van der Waals surface area contributed by atoms with E-state index in [1.165, 1.54) is 0 Å². The number of nitrogens with one attached hydrogen (secondary N) is 2. The Hall–Kier alpha value is -3.15. The van der Waals surface area contributed by atoms with E-state index in [1.54, 1.807) is 6.33 Å². The fourth-order valence-electron chi connectivity index (χ4n) is 2.63. The quantitative estimate of drug-likeness (QED) is 0.603. The van der Waals surface area contributed by atoms with Gasteiger partial charge in [-0.25, -0.2) is 9.97 Å². The van der Waals surface area contributed by atoms with E-state index in [1.807, 2.05) is 55.5 Å². The summed E-state index contributed by atoms with van der Waals surface area (Å²) >= 11 is 0. The standard InChI is InChI=1S/C20H22N4O2/c1-2-26-16-11-9-15(10-12-16)24-19(25)8-5-13-21-20-17-6-3-4-7-18(17)22-14-23-20/h3-4,6-7,9-12,14H,2,5,8,13H2,1H3,(H,24,25)(H,21,22,23). The summed E-state index contributed by atoms with van der Waals surface area (Å²) in [5.41, 5.74) is 1.67. The van der Waals surface area contributed by atoms with Gasteiger partial charge >= 0.3 is 0 Å². The molecule has 134 valence electrons. The van der Waals surface area contributed by atoms with Crippen molar-refractivity contribution in [3.05, 3.63) is 54.9 Å². The Kier molecular flexibility index (Phi) is 5.98. The van der Waals surface area contributed by atoms with Gasteiger partial charge in [0.1, 0.15) is 17.9 Å². The molecule has 0 fully saturated rings. The lowest BCUT2D eigenvalue weighted by molar-refractivity contribution is -0.116. The van der Waals surface area contributed by atoms with Gasteiger partial charge in [0.25, 0.3) is 0 Å². The number of para-hydroxylation sites is 1. The highest BCUT2D eigenvalue weighted by molar-refractivity contribution is 5.91. The first-order valence-corrected chi connectivity index (χ1v) is 8.72. The predicted molar refractivity (Wildman–Crippen MR) is 104 cm³/mol. The predicted octanol–water partition coefficient (Wildman–Crippen LogP) is 3.86. The average molecular weight is 350 g/mol. The summed E-state index contributed by atoms with van der Waals surface area (Å²) in [5.74, 6) is 1.58. The Morgan fingerprint density at radius 2 is 1.88 bits per heavy atom. The van der Waals surface area contributed by atoms with Crippen molar-refractivity contribution in [2.45, 2.75) is 19.8 Å². The number of hydrogen-bond acceptors (Lipinski definition) is 5. The van der Waals surface area contributed by atoms with E-state index in [2.05, 4.69) is 20.6 Å². The first-order chi connectivity index (χ1) is 12.8. The third kappa shape index (κ3) is 4.69. The number of rotatable bonds is 8. The highest BCUT2D eigenvalue weighted by atomic mass is 16.5. The lowest BCUT2D eigenvalue weighted by atomic mass is 10.2. The molecule has 3 aromatic rings. The number of fused-ring (bicyclic) bond motifs is 1. The van der Waals surface area contributed by atoms with Gasteiger partial charge in [-0.1, -0.05) is 12.1 Å². The molecule has 26 heavy (non-hydrogen) atoms. The van der Waals surface area contributed by atoms with Gasteiger partial charge in [-0.05, 0) is 49.7 Å². The van der Waals surface area contributed by atoms with Crippen LogP contribution in [0.2, 0.25) is 0 Å². The molecule has 0 atom stereocenters. The van der Waals surface area contributed by atoms with Gasteiger partial charge in [-0.15, -0.1) is 0 Å². The zero-order valence-corrected chi connectivity index (χ0v) is 14.7. The Balaban J connectivity index is 1.45. The van der Waals surface area contributed by atoms with E-state index >= 15 is 0 Å². The SMILES string of the molecule is CCOc1ccc(NC(=O)CCCNc2ncnc3ccccc23)cc1. The van der Waals surface area contributed by atoms with Crippen molar-refractivity contribution >= 4 is 28.3 Å². The third-order valence-electron chi connectivity index (χ3n) is 3.86. The minimum Gasteiger partial charge on any atom is -0.494 e. The molecule has 1 amide bonds. The normalized spacial score (nSPS) is 10.5. The van der Waals surface area contributed by atoms with Crippen molar-refractivity contribution in [3.8, 4) is 5.75 Å². The number of aromatic nitrogens is 2. The number of nitrogens with zero attached hydrogens (tertiary/aromatic N) is 2. The lowest BCUT2D eigenvalue weighted by Gasteiger charge is -2.09. The minimum absolute atomic E-state index is 0.0106. The van der Waals surface area contributed by atoms with Crippen LogP contribution in [-0.4, -0.2) is 29.0 Å². The number of hydrogen-bond donors (Lipinski definition) is 2. The van der Waals surface area contributed by atoms with Crippen LogP contribution in [0.3, 0.4) is 0 Å². The van der Waals surface area contributed by atoms with Crippen LogP contribution < -0.4 is 15.4 Å². The van der Waals surface area contributed by atoms with Gasteiger partial charge in [0.05, 0.1) is 12.1 Å². The zero-order chi connectivity index (χ0) is 18.2. The zero-order valence-electron chi connectivity index (χ0n) is 14.7. The number of amides is 1. The lowest BCUT2D eigenvalue weighted by Crippen LogP contribution is -2.13. The Labute approximate surface area is 152 Å². The fraction of sp³-hybridized carbons (Fsp3) is 0.250. The summed E-state index contributed by atoms with van der Waals surface area (Å²) in [5, 5.41) is 7.15. The molecule has 6 nitrogen and oxygen atoms in total. The van der Waals surface area contributed by atoms with Gasteiger partial charge < -0.3 is 15.4 Å². The topological polar surface area (TPSA) is 76.1 Å². The van der Waals surface area contributed by atoms with E-state index in [0.29, 0.717) is 26.0 Å². The molecule has 0 unspecified atom stereocenters. The summed E-state index contributed by atoms with van der Waals surface area (Å²) in [7, 11) is 0. The molecule has 0 spiro atoms. The van der Waals surface area contributed by atoms with Gasteiger partial charge in [-0.3, -0.25) is 4.79 Å². The molecule has 2 aromatic carbocycles. The number of anilines is 2. The third-order valence-corrected chi connectivity index (χ3v) is 3.86. The van der Waals surface area contributed by atoms with Crippen LogP contribution in [-0.2, 0) is 4.79 Å². The summed E-state index contributed by atoms with van der Waals surface area (Å²) in [4.78, 5) is 20.6. The smallest absolute Gasteiger partial charge is 0.224 e. The minimum atomic E-state index is -0.0106. The van der Waals surface area contributed by atoms with Crippen molar-refractivity contribution in [3.63, 3.8) is 0 Å². The molecule has 0 saturated carbocycles. The van der Waals surface area contributed by atoms with E-state index in [4.69, 9.17) is 4.74 Å². The molecule has 1 heterocycles. The first kappa shape index (κ1) is 17.7. The highest BCUT2D eigenvalue weighted by Crippen LogP contribution is 2.18. The Morgan fingerprint density at radius 1 is 1.08 bits per heavy atom. The maximum atomic E-state index is 12.1. The van der Waals surface area contributed by atoms with Crippen molar-refractivity contribution in [1.82, 2.24) is 9.97 Å². The molecule has 1 aromatic heterocycles. The fourth-order valence-corrected chi connectivity index (χ4v) is 2.63. The second-order valence-corrected chi connectivity index (χ2v) is 5.78. The number of ether oxygens (including phenoxy) is 1. The number of carbonyl (C=O) groups excluding carboxylic acids is 1. The maximum Gasteiger partial charge on any atom is 0.224 e. The molecule has 0 aliphatic rings. The van der Waals surface area contributed by atoms with E-state index in [9.17, 15) is 4.79 Å². The summed E-state index contributed by atoms with van der Waals surface area (Å²) < 4.78 is 5.39. The second-order valence-electron chi connectivity index (χ2n) is 5.78. The molecule has 0 bridgehead atoms. The van der Waals surface area contributed by atoms with Gasteiger partial charge in [-0.2, -0.15) is 0 Å². The second kappa shape index (κ2) is 8.80. The van der Waals surface area contributed by atoms with Gasteiger partial charge in [0.2, 0.25) is 5.91 Å². The van der Waals surface area contributed by atoms with Crippen molar-refractivity contribution in [1.29, 1.82) is 0 Å². The Bertz CT molecular complexity index is 860. The molecular formula is C20H22N4O2. The van der Waals surface area contributed by atoms with Gasteiger partial charge in [0, 0.05) is 24.0 Å². The molecule has 0 aliphatic carbocycles. The molecule has 6 heteroatoms. The van der Waals surface area contributed by atoms with Crippen molar-refractivity contribution < 1.29 is 9.53 Å². The van der Waals surface area contributed by atoms with Crippen LogP contribution in [0, 0.1) is 0 Å². The molecular weight excluding hydrogens is 328 g/mol. The van der Waals surface area contributed by atoms with Crippen molar-refractivity contribution in [2.24, 2.45) is 0 Å². The summed E-state index contributed by atoms with van der Waals surface area (Å²) in [6, 6.07) is 15.2. The number of benzene rings is 2. The van der Waals surface area contributed by atoms with E-state index in [0.717, 1.165) is 28.2 Å². The maximum absolute atomic E-state index is 12.1. The molecule has 0 saturated heterocycles. The molecule has 0 radical (unpaired) electrons. The van der Waals surface area contributed by atoms with E-state index in [-0.39, 0.29) is 5.91 Å². The largest absolute Gasteiger partial charge is 0.494 e. The van der Waals surface area contributed by atoms with Crippen LogP contribution in [0.4, 0.5) is 11.5 Å². The van der Waals surface area contributed by atoms with Crippen LogP contribution in [0.15, 0.2) is 54.9 Å². The monoisotopic (exact) mass is 350 g/mol. The average Bonchev–Trinajstić information content (AvgIpc) is 2.67. The van der Waals surface area contributed by atoms with E-state index < -0.39 is 0 Å². The van der Waals surface area contributed by atoms with Crippen LogP contribution >= 0.6 is 0 Å². The molecule has 0 aliphatic heterocycles. The van der Waals surface area contributed by atoms with Gasteiger partial charge in [0.15, 0.2) is 0 Å². The molecule has 3 rings (SSSR count). The summed E-state index contributed by atoms with van der Waals surface area (Å²) in [6.07, 6.45) is 2.69. The first-order valence-electron chi connectivity index (χ1n) is 8.72. The molecule has 2 N–H and O–H groups in total. The summed E-state index contributed by atoms with van der Waals surface area (Å²) in [6.45, 7) is 3.23. The number of carbonyl (C=O) groups is 1. The Morgan fingerprint density at radius 3 is 2.69 bits per heavy atom. The van der Waals surface area contributed by atoms with Crippen molar-refractivity contribution in [2.75, 3.05) is 23.8 Å². The van der Waals surface area contributed by atoms with Crippen LogP contribution in [0.1, 0.15) is 19.8 Å². The van der Waals surface area contributed by atoms with Crippen LogP contribution in [0.5, 0.6) is 5.75 Å².